The van der Waals surface area contributed by atoms with Crippen LogP contribution in [-0.2, 0) is 6.54 Å². The topological polar surface area (TPSA) is 108 Å². The first kappa shape index (κ1) is 13.6. The molecular weight excluding hydrogens is 258 g/mol. The van der Waals surface area contributed by atoms with Crippen molar-refractivity contribution in [3.8, 4) is 0 Å². The molecule has 0 unspecified atom stereocenters. The van der Waals surface area contributed by atoms with Crippen LogP contribution in [0.4, 0.5) is 0 Å². The standard InChI is InChI=1S/C13H15N5O2/c1-18(8-11-15-6-7-16-11)13(19)10-4-2-9(3-5-10)12(14)17-20/h2-7,20H,8H2,1H3,(H2,14,17)(H,15,16). The van der Waals surface area contributed by atoms with Crippen molar-refractivity contribution >= 4 is 11.7 Å². The zero-order valence-electron chi connectivity index (χ0n) is 10.9. The number of imidazole rings is 1. The second-order valence-corrected chi connectivity index (χ2v) is 4.26. The summed E-state index contributed by atoms with van der Waals surface area (Å²) in [4.78, 5) is 20.8. The predicted octanol–water partition coefficient (Wildman–Crippen LogP) is 0.776. The normalized spacial score (nSPS) is 11.3. The molecular formula is C13H15N5O2. The van der Waals surface area contributed by atoms with Gasteiger partial charge in [-0.25, -0.2) is 4.98 Å². The second-order valence-electron chi connectivity index (χ2n) is 4.26. The molecule has 0 aliphatic carbocycles. The number of benzene rings is 1. The van der Waals surface area contributed by atoms with Gasteiger partial charge in [0.05, 0.1) is 6.54 Å². The van der Waals surface area contributed by atoms with Gasteiger partial charge in [0.2, 0.25) is 0 Å². The Bertz CT molecular complexity index is 604. The fourth-order valence-electron chi connectivity index (χ4n) is 1.74. The molecule has 1 amide bonds. The van der Waals surface area contributed by atoms with Gasteiger partial charge >= 0.3 is 0 Å². The molecule has 1 aromatic heterocycles. The van der Waals surface area contributed by atoms with Gasteiger partial charge in [0.25, 0.3) is 5.91 Å². The summed E-state index contributed by atoms with van der Waals surface area (Å²) in [6.45, 7) is 0.397. The number of oxime groups is 1. The highest BCUT2D eigenvalue weighted by molar-refractivity contribution is 5.99. The Labute approximate surface area is 115 Å². The Kier molecular flexibility index (Phi) is 3.99. The van der Waals surface area contributed by atoms with Gasteiger partial charge in [-0.15, -0.1) is 0 Å². The van der Waals surface area contributed by atoms with Gasteiger partial charge in [0.1, 0.15) is 5.82 Å². The van der Waals surface area contributed by atoms with Crippen LogP contribution in [0, 0.1) is 0 Å². The lowest BCUT2D eigenvalue weighted by molar-refractivity contribution is 0.0782. The van der Waals surface area contributed by atoms with E-state index in [-0.39, 0.29) is 11.7 Å². The van der Waals surface area contributed by atoms with E-state index in [1.807, 2.05) is 0 Å². The largest absolute Gasteiger partial charge is 0.409 e. The van der Waals surface area contributed by atoms with Crippen LogP contribution in [0.5, 0.6) is 0 Å². The number of hydrogen-bond acceptors (Lipinski definition) is 4. The van der Waals surface area contributed by atoms with Crippen LogP contribution in [0.3, 0.4) is 0 Å². The molecule has 2 rings (SSSR count). The highest BCUT2D eigenvalue weighted by Gasteiger charge is 2.13. The molecule has 0 aliphatic rings. The average Bonchev–Trinajstić information content (AvgIpc) is 2.98. The van der Waals surface area contributed by atoms with Gasteiger partial charge in [-0.3, -0.25) is 4.79 Å². The number of carbonyl (C=O) groups is 1. The zero-order valence-corrected chi connectivity index (χ0v) is 10.9. The minimum absolute atomic E-state index is 0.00735. The minimum Gasteiger partial charge on any atom is -0.409 e. The number of nitrogens with two attached hydrogens (primary N) is 1. The van der Waals surface area contributed by atoms with Crippen LogP contribution < -0.4 is 5.73 Å². The fourth-order valence-corrected chi connectivity index (χ4v) is 1.74. The maximum atomic E-state index is 12.2. The van der Waals surface area contributed by atoms with Crippen LogP contribution >= 0.6 is 0 Å². The van der Waals surface area contributed by atoms with Crippen molar-refractivity contribution in [2.75, 3.05) is 7.05 Å². The lowest BCUT2D eigenvalue weighted by Crippen LogP contribution is -2.26. The van der Waals surface area contributed by atoms with Crippen LogP contribution in [-0.4, -0.2) is 38.9 Å². The van der Waals surface area contributed by atoms with Gasteiger partial charge in [0.15, 0.2) is 5.84 Å². The van der Waals surface area contributed by atoms with Crippen molar-refractivity contribution in [2.45, 2.75) is 6.54 Å². The smallest absolute Gasteiger partial charge is 0.254 e. The maximum Gasteiger partial charge on any atom is 0.254 e. The van der Waals surface area contributed by atoms with Crippen LogP contribution in [0.25, 0.3) is 0 Å². The molecule has 1 heterocycles. The molecule has 0 bridgehead atoms. The van der Waals surface area contributed by atoms with Gasteiger partial charge in [-0.2, -0.15) is 0 Å². The summed E-state index contributed by atoms with van der Waals surface area (Å²) >= 11 is 0. The molecule has 2 aromatic rings. The quantitative estimate of drug-likeness (QED) is 0.331. The number of H-pyrrole nitrogens is 1. The van der Waals surface area contributed by atoms with Gasteiger partial charge in [-0.05, 0) is 12.1 Å². The number of carbonyl (C=O) groups excluding carboxylic acids is 1. The molecule has 7 heteroatoms. The van der Waals surface area contributed by atoms with E-state index >= 15 is 0 Å². The predicted molar refractivity (Wildman–Crippen MR) is 73.3 cm³/mol. The Morgan fingerprint density at radius 3 is 2.60 bits per heavy atom. The van der Waals surface area contributed by atoms with E-state index in [1.54, 1.807) is 48.6 Å². The third-order valence-corrected chi connectivity index (χ3v) is 2.82. The zero-order chi connectivity index (χ0) is 14.5. The first-order valence-corrected chi connectivity index (χ1v) is 5.93. The summed E-state index contributed by atoms with van der Waals surface area (Å²) in [5.41, 5.74) is 6.54. The maximum absolute atomic E-state index is 12.2. The molecule has 1 aromatic carbocycles. The molecule has 0 saturated heterocycles. The number of nitrogens with zero attached hydrogens (tertiary/aromatic N) is 3. The molecule has 104 valence electrons. The van der Waals surface area contributed by atoms with Gasteiger partial charge in [-0.1, -0.05) is 17.3 Å². The van der Waals surface area contributed by atoms with Crippen molar-refractivity contribution in [1.29, 1.82) is 0 Å². The van der Waals surface area contributed by atoms with Crippen molar-refractivity contribution in [1.82, 2.24) is 14.9 Å². The van der Waals surface area contributed by atoms with Crippen LogP contribution in [0.2, 0.25) is 0 Å². The van der Waals surface area contributed by atoms with Crippen molar-refractivity contribution in [3.63, 3.8) is 0 Å². The summed E-state index contributed by atoms with van der Waals surface area (Å²) in [6, 6.07) is 6.52. The molecule has 0 spiro atoms. The lowest BCUT2D eigenvalue weighted by Gasteiger charge is -2.15. The molecule has 4 N–H and O–H groups in total. The summed E-state index contributed by atoms with van der Waals surface area (Å²) in [6.07, 6.45) is 3.35. The summed E-state index contributed by atoms with van der Waals surface area (Å²) < 4.78 is 0. The van der Waals surface area contributed by atoms with E-state index in [9.17, 15) is 4.79 Å². The molecule has 20 heavy (non-hydrogen) atoms. The van der Waals surface area contributed by atoms with Crippen molar-refractivity contribution in [2.24, 2.45) is 10.9 Å². The Morgan fingerprint density at radius 1 is 1.40 bits per heavy atom. The van der Waals surface area contributed by atoms with E-state index in [0.29, 0.717) is 23.5 Å². The highest BCUT2D eigenvalue weighted by atomic mass is 16.4. The fraction of sp³-hybridized carbons (Fsp3) is 0.154. The third-order valence-electron chi connectivity index (χ3n) is 2.82. The first-order chi connectivity index (χ1) is 9.61. The third kappa shape index (κ3) is 2.94. The van der Waals surface area contributed by atoms with Gasteiger partial charge in [0, 0.05) is 30.6 Å². The number of amides is 1. The van der Waals surface area contributed by atoms with Crippen molar-refractivity contribution < 1.29 is 10.0 Å². The Hall–Kier alpha value is -2.83. The first-order valence-electron chi connectivity index (χ1n) is 5.93. The number of aromatic amines is 1. The number of rotatable bonds is 4. The molecule has 0 saturated carbocycles. The number of nitrogens with one attached hydrogen (secondary N) is 1. The average molecular weight is 273 g/mol. The van der Waals surface area contributed by atoms with E-state index < -0.39 is 0 Å². The van der Waals surface area contributed by atoms with Crippen LogP contribution in [0.15, 0.2) is 41.8 Å². The SMILES string of the molecule is CN(Cc1ncc[nH]1)C(=O)c1ccc(C(N)=NO)cc1. The summed E-state index contributed by atoms with van der Waals surface area (Å²) in [5, 5.41) is 11.5. The number of aromatic nitrogens is 2. The van der Waals surface area contributed by atoms with Gasteiger partial charge < -0.3 is 20.8 Å². The van der Waals surface area contributed by atoms with E-state index in [1.165, 1.54) is 0 Å². The number of hydrogen-bond donors (Lipinski definition) is 3. The monoisotopic (exact) mass is 273 g/mol. The van der Waals surface area contributed by atoms with E-state index in [2.05, 4.69) is 15.1 Å². The van der Waals surface area contributed by atoms with E-state index in [0.717, 1.165) is 0 Å². The Balaban J connectivity index is 2.09. The van der Waals surface area contributed by atoms with Crippen LogP contribution in [0.1, 0.15) is 21.7 Å². The minimum atomic E-state index is -0.132. The molecule has 0 fully saturated rings. The summed E-state index contributed by atoms with van der Waals surface area (Å²) in [5.74, 6) is 0.592. The molecule has 0 atom stereocenters. The van der Waals surface area contributed by atoms with E-state index in [4.69, 9.17) is 10.9 Å². The lowest BCUT2D eigenvalue weighted by atomic mass is 10.1. The van der Waals surface area contributed by atoms with Crippen molar-refractivity contribution in [3.05, 3.63) is 53.6 Å². The molecule has 0 radical (unpaired) electrons. The number of amidine groups is 1. The Morgan fingerprint density at radius 2 is 2.05 bits per heavy atom. The summed E-state index contributed by atoms with van der Waals surface area (Å²) in [7, 11) is 1.70. The molecule has 7 nitrogen and oxygen atoms in total. The molecule has 0 aliphatic heterocycles. The highest BCUT2D eigenvalue weighted by Crippen LogP contribution is 2.08. The second kappa shape index (κ2) is 5.87.